The van der Waals surface area contributed by atoms with Gasteiger partial charge in [0.1, 0.15) is 6.34 Å². The van der Waals surface area contributed by atoms with Crippen molar-refractivity contribution < 1.29 is 9.90 Å². The standard InChI is InChI=1S/C8H10N4O2/c9-10-5-11-12-7-4-2-1-3-6(7)8(13)14/h1-5,12H,9H2,(H,10,11)(H,13,14). The number of hydrogen-bond acceptors (Lipinski definition) is 4. The van der Waals surface area contributed by atoms with Gasteiger partial charge in [-0.3, -0.25) is 10.9 Å². The Balaban J connectivity index is 2.79. The minimum absolute atomic E-state index is 0.172. The summed E-state index contributed by atoms with van der Waals surface area (Å²) in [6, 6.07) is 6.48. The molecule has 6 nitrogen and oxygen atoms in total. The minimum Gasteiger partial charge on any atom is -0.478 e. The Hall–Kier alpha value is -2.24. The number of rotatable bonds is 4. The van der Waals surface area contributed by atoms with Gasteiger partial charge in [-0.25, -0.2) is 4.79 Å². The number of nitrogens with two attached hydrogens (primary N) is 1. The molecule has 6 heteroatoms. The van der Waals surface area contributed by atoms with Crippen LogP contribution in [0.3, 0.4) is 0 Å². The lowest BCUT2D eigenvalue weighted by molar-refractivity contribution is 0.0698. The topological polar surface area (TPSA) is 99.7 Å². The highest BCUT2D eigenvalue weighted by Gasteiger charge is 2.07. The number of nitrogens with zero attached hydrogens (tertiary/aromatic N) is 1. The number of carboxylic acid groups (broad SMARTS) is 1. The van der Waals surface area contributed by atoms with Gasteiger partial charge in [-0.2, -0.15) is 5.10 Å². The quantitative estimate of drug-likeness (QED) is 0.237. The number of carboxylic acids is 1. The number of hydrazone groups is 1. The molecule has 0 aliphatic carbocycles. The van der Waals surface area contributed by atoms with Gasteiger partial charge < -0.3 is 10.9 Å². The summed E-state index contributed by atoms with van der Waals surface area (Å²) < 4.78 is 0. The van der Waals surface area contributed by atoms with E-state index < -0.39 is 5.97 Å². The van der Waals surface area contributed by atoms with Crippen LogP contribution in [0, 0.1) is 0 Å². The van der Waals surface area contributed by atoms with Gasteiger partial charge in [0.15, 0.2) is 0 Å². The number of anilines is 1. The zero-order valence-corrected chi connectivity index (χ0v) is 7.27. The van der Waals surface area contributed by atoms with E-state index in [-0.39, 0.29) is 5.56 Å². The van der Waals surface area contributed by atoms with E-state index in [1.54, 1.807) is 18.2 Å². The SMILES string of the molecule is NN=CNNc1ccccc1C(=O)O. The summed E-state index contributed by atoms with van der Waals surface area (Å²) in [5.74, 6) is 3.84. The van der Waals surface area contributed by atoms with E-state index in [9.17, 15) is 4.79 Å². The molecule has 5 N–H and O–H groups in total. The number of benzene rings is 1. The largest absolute Gasteiger partial charge is 0.478 e. The summed E-state index contributed by atoms with van der Waals surface area (Å²) in [4.78, 5) is 10.7. The van der Waals surface area contributed by atoms with Gasteiger partial charge in [-0.05, 0) is 12.1 Å². The summed E-state index contributed by atoms with van der Waals surface area (Å²) in [5, 5.41) is 12.0. The fourth-order valence-electron chi connectivity index (χ4n) is 0.926. The first-order valence-corrected chi connectivity index (χ1v) is 3.81. The number of nitrogens with one attached hydrogen (secondary N) is 2. The first-order chi connectivity index (χ1) is 6.75. The average Bonchev–Trinajstić information content (AvgIpc) is 2.19. The van der Waals surface area contributed by atoms with Gasteiger partial charge in [-0.1, -0.05) is 12.1 Å². The third-order valence-electron chi connectivity index (χ3n) is 1.50. The Kier molecular flexibility index (Phi) is 3.31. The van der Waals surface area contributed by atoms with Crippen LogP contribution in [0.5, 0.6) is 0 Å². The molecule has 0 aliphatic heterocycles. The Morgan fingerprint density at radius 3 is 2.86 bits per heavy atom. The first kappa shape index (κ1) is 9.85. The number of aromatic carboxylic acids is 1. The minimum atomic E-state index is -1.00. The summed E-state index contributed by atoms with van der Waals surface area (Å²) in [5.41, 5.74) is 5.77. The Labute approximate surface area is 80.4 Å². The van der Waals surface area contributed by atoms with Gasteiger partial charge in [-0.15, -0.1) is 0 Å². The monoisotopic (exact) mass is 194 g/mol. The van der Waals surface area contributed by atoms with Crippen LogP contribution in [0.2, 0.25) is 0 Å². The van der Waals surface area contributed by atoms with Crippen molar-refractivity contribution in [2.24, 2.45) is 10.9 Å². The van der Waals surface area contributed by atoms with Crippen molar-refractivity contribution in [2.75, 3.05) is 5.43 Å². The molecule has 0 bridgehead atoms. The number of hydrazine groups is 1. The van der Waals surface area contributed by atoms with E-state index in [4.69, 9.17) is 10.9 Å². The first-order valence-electron chi connectivity index (χ1n) is 3.81. The maximum Gasteiger partial charge on any atom is 0.337 e. The molecule has 0 amide bonds. The highest BCUT2D eigenvalue weighted by molar-refractivity contribution is 5.94. The molecule has 0 radical (unpaired) electrons. The molecular formula is C8H10N4O2. The molecule has 0 heterocycles. The number of carbonyl (C=O) groups is 1. The third-order valence-corrected chi connectivity index (χ3v) is 1.50. The van der Waals surface area contributed by atoms with E-state index in [0.717, 1.165) is 0 Å². The molecule has 74 valence electrons. The lowest BCUT2D eigenvalue weighted by Gasteiger charge is -2.07. The van der Waals surface area contributed by atoms with Crippen LogP contribution in [0.4, 0.5) is 5.69 Å². The predicted molar refractivity (Wildman–Crippen MR) is 52.8 cm³/mol. The van der Waals surface area contributed by atoms with Crippen molar-refractivity contribution in [1.82, 2.24) is 5.43 Å². The van der Waals surface area contributed by atoms with Crippen molar-refractivity contribution in [2.45, 2.75) is 0 Å². The number of hydrogen-bond donors (Lipinski definition) is 4. The molecule has 0 unspecified atom stereocenters. The van der Waals surface area contributed by atoms with Crippen LogP contribution in [0.15, 0.2) is 29.4 Å². The molecule has 0 spiro atoms. The van der Waals surface area contributed by atoms with Crippen molar-refractivity contribution in [3.05, 3.63) is 29.8 Å². The van der Waals surface area contributed by atoms with Crippen LogP contribution in [0.1, 0.15) is 10.4 Å². The predicted octanol–water partition coefficient (Wildman–Crippen LogP) is 0.203. The highest BCUT2D eigenvalue weighted by Crippen LogP contribution is 2.13. The second-order valence-electron chi connectivity index (χ2n) is 2.40. The van der Waals surface area contributed by atoms with Gasteiger partial charge >= 0.3 is 5.97 Å². The molecule has 0 fully saturated rings. The summed E-state index contributed by atoms with van der Waals surface area (Å²) in [6.45, 7) is 0. The molecule has 0 atom stereocenters. The second-order valence-corrected chi connectivity index (χ2v) is 2.40. The van der Waals surface area contributed by atoms with Crippen LogP contribution >= 0.6 is 0 Å². The second kappa shape index (κ2) is 4.70. The Morgan fingerprint density at radius 2 is 2.21 bits per heavy atom. The zero-order valence-electron chi connectivity index (χ0n) is 7.27. The van der Waals surface area contributed by atoms with Crippen LogP contribution in [-0.4, -0.2) is 17.4 Å². The fourth-order valence-corrected chi connectivity index (χ4v) is 0.926. The van der Waals surface area contributed by atoms with E-state index in [2.05, 4.69) is 16.0 Å². The van der Waals surface area contributed by atoms with Crippen molar-refractivity contribution in [1.29, 1.82) is 0 Å². The molecule has 0 saturated carbocycles. The van der Waals surface area contributed by atoms with Crippen molar-refractivity contribution in [3.63, 3.8) is 0 Å². The molecule has 0 aliphatic rings. The Bertz CT molecular complexity index is 351. The van der Waals surface area contributed by atoms with Crippen LogP contribution < -0.4 is 16.7 Å². The maximum absolute atomic E-state index is 10.7. The lowest BCUT2D eigenvalue weighted by Crippen LogP contribution is -2.21. The van der Waals surface area contributed by atoms with Gasteiger partial charge in [0, 0.05) is 0 Å². The summed E-state index contributed by atoms with van der Waals surface area (Å²) in [6.07, 6.45) is 1.21. The molecule has 14 heavy (non-hydrogen) atoms. The van der Waals surface area contributed by atoms with E-state index in [1.165, 1.54) is 12.4 Å². The normalized spacial score (nSPS) is 10.0. The van der Waals surface area contributed by atoms with Crippen LogP contribution in [0.25, 0.3) is 0 Å². The van der Waals surface area contributed by atoms with E-state index in [0.29, 0.717) is 5.69 Å². The van der Waals surface area contributed by atoms with Gasteiger partial charge in [0.25, 0.3) is 0 Å². The Morgan fingerprint density at radius 1 is 1.50 bits per heavy atom. The van der Waals surface area contributed by atoms with Gasteiger partial charge in [0.2, 0.25) is 0 Å². The summed E-state index contributed by atoms with van der Waals surface area (Å²) in [7, 11) is 0. The fraction of sp³-hybridized carbons (Fsp3) is 0. The summed E-state index contributed by atoms with van der Waals surface area (Å²) >= 11 is 0. The van der Waals surface area contributed by atoms with E-state index in [1.807, 2.05) is 0 Å². The third kappa shape index (κ3) is 2.37. The van der Waals surface area contributed by atoms with Crippen molar-refractivity contribution in [3.8, 4) is 0 Å². The van der Waals surface area contributed by atoms with E-state index >= 15 is 0 Å². The van der Waals surface area contributed by atoms with Crippen LogP contribution in [-0.2, 0) is 0 Å². The molecule has 1 rings (SSSR count). The zero-order chi connectivity index (χ0) is 10.4. The highest BCUT2D eigenvalue weighted by atomic mass is 16.4. The van der Waals surface area contributed by atoms with Crippen molar-refractivity contribution >= 4 is 18.0 Å². The average molecular weight is 194 g/mol. The molecule has 0 saturated heterocycles. The lowest BCUT2D eigenvalue weighted by atomic mass is 10.2. The van der Waals surface area contributed by atoms with Gasteiger partial charge in [0.05, 0.1) is 11.3 Å². The smallest absolute Gasteiger partial charge is 0.337 e. The molecular weight excluding hydrogens is 184 g/mol. The molecule has 1 aromatic carbocycles. The molecule has 0 aromatic heterocycles. The molecule has 1 aromatic rings. The number of para-hydroxylation sites is 1. The maximum atomic E-state index is 10.7.